The fourth-order valence-corrected chi connectivity index (χ4v) is 2.88. The highest BCUT2D eigenvalue weighted by Crippen LogP contribution is 2.30. The summed E-state index contributed by atoms with van der Waals surface area (Å²) in [6.45, 7) is 2.24. The lowest BCUT2D eigenvalue weighted by Crippen LogP contribution is -2.25. The molecule has 1 saturated heterocycles. The minimum atomic E-state index is 0.541. The van der Waals surface area contributed by atoms with E-state index in [4.69, 9.17) is 0 Å². The van der Waals surface area contributed by atoms with Crippen LogP contribution in [-0.4, -0.2) is 33.3 Å². The van der Waals surface area contributed by atoms with Crippen molar-refractivity contribution in [1.29, 1.82) is 0 Å². The molecule has 1 aliphatic carbocycles. The molecule has 0 radical (unpaired) electrons. The van der Waals surface area contributed by atoms with Gasteiger partial charge in [-0.2, -0.15) is 0 Å². The van der Waals surface area contributed by atoms with E-state index in [1.807, 2.05) is 0 Å². The quantitative estimate of drug-likeness (QED) is 0.763. The van der Waals surface area contributed by atoms with Crippen molar-refractivity contribution in [3.63, 3.8) is 0 Å². The zero-order valence-corrected chi connectivity index (χ0v) is 9.68. The van der Waals surface area contributed by atoms with Gasteiger partial charge in [-0.3, -0.25) is 0 Å². The summed E-state index contributed by atoms with van der Waals surface area (Å²) in [5.41, 5.74) is 0. The van der Waals surface area contributed by atoms with Crippen molar-refractivity contribution in [1.82, 2.24) is 20.2 Å². The molecule has 3 rings (SSSR count). The molecule has 0 N–H and O–H groups in total. The molecule has 88 valence electrons. The van der Waals surface area contributed by atoms with Gasteiger partial charge in [0.15, 0.2) is 0 Å². The van der Waals surface area contributed by atoms with Gasteiger partial charge in [-0.05, 0) is 36.1 Å². The Hall–Kier alpha value is -1.13. The Morgan fingerprint density at radius 2 is 1.69 bits per heavy atom. The molecule has 5 nitrogen and oxygen atoms in total. The van der Waals surface area contributed by atoms with Gasteiger partial charge in [0.05, 0.1) is 6.04 Å². The Morgan fingerprint density at radius 3 is 2.44 bits per heavy atom. The molecule has 0 amide bonds. The van der Waals surface area contributed by atoms with Gasteiger partial charge in [0.1, 0.15) is 0 Å². The number of aromatic nitrogens is 4. The average molecular weight is 221 g/mol. The SMILES string of the molecule is C1CCC(n2nnnc2N2CCCC2)CC1. The molecule has 0 unspecified atom stereocenters. The van der Waals surface area contributed by atoms with Crippen LogP contribution in [0.1, 0.15) is 51.0 Å². The Balaban J connectivity index is 1.80. The van der Waals surface area contributed by atoms with Crippen LogP contribution in [0.25, 0.3) is 0 Å². The molecule has 1 saturated carbocycles. The Kier molecular flexibility index (Phi) is 2.76. The van der Waals surface area contributed by atoms with Gasteiger partial charge in [0, 0.05) is 13.1 Å². The second-order valence-electron chi connectivity index (χ2n) is 4.91. The highest BCUT2D eigenvalue weighted by Gasteiger charge is 2.24. The maximum Gasteiger partial charge on any atom is 0.245 e. The van der Waals surface area contributed by atoms with Crippen LogP contribution in [0, 0.1) is 0 Å². The topological polar surface area (TPSA) is 46.8 Å². The molecular formula is C11H19N5. The number of nitrogens with zero attached hydrogens (tertiary/aromatic N) is 5. The second-order valence-corrected chi connectivity index (χ2v) is 4.91. The molecule has 1 aliphatic heterocycles. The second kappa shape index (κ2) is 4.39. The number of tetrazole rings is 1. The van der Waals surface area contributed by atoms with Crippen molar-refractivity contribution in [3.05, 3.63) is 0 Å². The normalized spacial score (nSPS) is 22.9. The predicted octanol–water partition coefficient (Wildman–Crippen LogP) is 1.78. The van der Waals surface area contributed by atoms with E-state index >= 15 is 0 Å². The monoisotopic (exact) mass is 221 g/mol. The van der Waals surface area contributed by atoms with Gasteiger partial charge in [-0.15, -0.1) is 0 Å². The van der Waals surface area contributed by atoms with E-state index in [1.54, 1.807) is 0 Å². The lowest BCUT2D eigenvalue weighted by Gasteiger charge is -2.24. The first-order valence-electron chi connectivity index (χ1n) is 6.48. The first-order chi connectivity index (χ1) is 7.95. The lowest BCUT2D eigenvalue weighted by molar-refractivity contribution is 0.325. The van der Waals surface area contributed by atoms with Crippen LogP contribution in [0.15, 0.2) is 0 Å². The number of hydrogen-bond donors (Lipinski definition) is 0. The van der Waals surface area contributed by atoms with Crippen LogP contribution in [0.2, 0.25) is 0 Å². The summed E-state index contributed by atoms with van der Waals surface area (Å²) in [5.74, 6) is 1.00. The van der Waals surface area contributed by atoms with Crippen LogP contribution in [-0.2, 0) is 0 Å². The fourth-order valence-electron chi connectivity index (χ4n) is 2.88. The van der Waals surface area contributed by atoms with Gasteiger partial charge in [0.25, 0.3) is 0 Å². The minimum absolute atomic E-state index is 0.541. The van der Waals surface area contributed by atoms with Crippen LogP contribution in [0.5, 0.6) is 0 Å². The largest absolute Gasteiger partial charge is 0.340 e. The fraction of sp³-hybridized carbons (Fsp3) is 0.909. The summed E-state index contributed by atoms with van der Waals surface area (Å²) in [4.78, 5) is 2.33. The molecule has 5 heteroatoms. The highest BCUT2D eigenvalue weighted by atomic mass is 15.6. The molecule has 2 heterocycles. The average Bonchev–Trinajstić information content (AvgIpc) is 3.01. The molecule has 0 atom stereocenters. The summed E-state index contributed by atoms with van der Waals surface area (Å²) in [6.07, 6.45) is 9.05. The third-order valence-electron chi connectivity index (χ3n) is 3.78. The first-order valence-corrected chi connectivity index (χ1v) is 6.48. The summed E-state index contributed by atoms with van der Waals surface area (Å²) in [7, 11) is 0. The third kappa shape index (κ3) is 1.79. The molecule has 0 bridgehead atoms. The van der Waals surface area contributed by atoms with Crippen molar-refractivity contribution in [2.45, 2.75) is 51.0 Å². The predicted molar refractivity (Wildman–Crippen MR) is 61.4 cm³/mol. The van der Waals surface area contributed by atoms with Crippen LogP contribution >= 0.6 is 0 Å². The molecule has 0 spiro atoms. The molecule has 2 fully saturated rings. The van der Waals surface area contributed by atoms with Gasteiger partial charge in [-0.1, -0.05) is 24.4 Å². The Labute approximate surface area is 95.8 Å². The van der Waals surface area contributed by atoms with Gasteiger partial charge < -0.3 is 4.90 Å². The highest BCUT2D eigenvalue weighted by molar-refractivity contribution is 5.29. The summed E-state index contributed by atoms with van der Waals surface area (Å²) in [5, 5.41) is 12.3. The van der Waals surface area contributed by atoms with Gasteiger partial charge in [0.2, 0.25) is 5.95 Å². The van der Waals surface area contributed by atoms with E-state index in [0.717, 1.165) is 19.0 Å². The molecule has 16 heavy (non-hydrogen) atoms. The molecule has 1 aromatic rings. The van der Waals surface area contributed by atoms with Crippen LogP contribution in [0.4, 0.5) is 5.95 Å². The Bertz CT molecular complexity index is 336. The van der Waals surface area contributed by atoms with E-state index < -0.39 is 0 Å². The van der Waals surface area contributed by atoms with Crippen molar-refractivity contribution in [2.75, 3.05) is 18.0 Å². The van der Waals surface area contributed by atoms with Crippen molar-refractivity contribution >= 4 is 5.95 Å². The zero-order valence-electron chi connectivity index (χ0n) is 9.68. The van der Waals surface area contributed by atoms with Crippen molar-refractivity contribution in [3.8, 4) is 0 Å². The van der Waals surface area contributed by atoms with E-state index in [1.165, 1.54) is 44.9 Å². The van der Waals surface area contributed by atoms with Crippen LogP contribution < -0.4 is 4.90 Å². The van der Waals surface area contributed by atoms with Gasteiger partial charge >= 0.3 is 0 Å². The Morgan fingerprint density at radius 1 is 0.938 bits per heavy atom. The number of anilines is 1. The smallest absolute Gasteiger partial charge is 0.245 e. The molecule has 1 aromatic heterocycles. The van der Waals surface area contributed by atoms with Crippen molar-refractivity contribution in [2.24, 2.45) is 0 Å². The maximum absolute atomic E-state index is 4.20. The number of rotatable bonds is 2. The van der Waals surface area contributed by atoms with E-state index in [0.29, 0.717) is 6.04 Å². The minimum Gasteiger partial charge on any atom is -0.340 e. The zero-order chi connectivity index (χ0) is 10.8. The van der Waals surface area contributed by atoms with E-state index in [9.17, 15) is 0 Å². The molecular weight excluding hydrogens is 202 g/mol. The van der Waals surface area contributed by atoms with E-state index in [2.05, 4.69) is 25.1 Å². The summed E-state index contributed by atoms with van der Waals surface area (Å²) in [6, 6.07) is 0.541. The maximum atomic E-state index is 4.20. The molecule has 2 aliphatic rings. The molecule has 0 aromatic carbocycles. The standard InChI is InChI=1S/C11H19N5/c1-2-6-10(7-3-1)16-11(12-13-14-16)15-8-4-5-9-15/h10H,1-9H2. The first kappa shape index (κ1) is 10.1. The number of hydrogen-bond acceptors (Lipinski definition) is 4. The van der Waals surface area contributed by atoms with Crippen LogP contribution in [0.3, 0.4) is 0 Å². The van der Waals surface area contributed by atoms with Crippen molar-refractivity contribution < 1.29 is 0 Å². The third-order valence-corrected chi connectivity index (χ3v) is 3.78. The van der Waals surface area contributed by atoms with E-state index in [-0.39, 0.29) is 0 Å². The lowest BCUT2D eigenvalue weighted by atomic mass is 9.96. The summed E-state index contributed by atoms with van der Waals surface area (Å²) >= 11 is 0. The summed E-state index contributed by atoms with van der Waals surface area (Å²) < 4.78 is 2.07. The van der Waals surface area contributed by atoms with Gasteiger partial charge in [-0.25, -0.2) is 4.68 Å².